The Kier molecular flexibility index (Phi) is 5.57. The summed E-state index contributed by atoms with van der Waals surface area (Å²) in [6.45, 7) is 0. The molecule has 0 aliphatic rings. The van der Waals surface area contributed by atoms with Gasteiger partial charge in [0.25, 0.3) is 0 Å². The summed E-state index contributed by atoms with van der Waals surface area (Å²) in [7, 11) is 0. The molecule has 1 aromatic rings. The summed E-state index contributed by atoms with van der Waals surface area (Å²) >= 11 is 1.78. The Labute approximate surface area is 123 Å². The topological polar surface area (TPSA) is 89.7 Å². The second kappa shape index (κ2) is 6.94. The van der Waals surface area contributed by atoms with Gasteiger partial charge in [-0.1, -0.05) is 18.1 Å². The summed E-state index contributed by atoms with van der Waals surface area (Å²) in [4.78, 5) is 21.3. The van der Waals surface area contributed by atoms with E-state index in [9.17, 15) is 20.0 Å². The molecule has 1 aromatic carbocycles. The molecule has 0 saturated carbocycles. The number of phenolic OH excluding ortho intramolecular Hbond substituents is 1. The Morgan fingerprint density at radius 1 is 1.63 bits per heavy atom. The predicted octanol–water partition coefficient (Wildman–Crippen LogP) is 2.17. The van der Waals surface area contributed by atoms with E-state index in [1.807, 2.05) is 0 Å². The van der Waals surface area contributed by atoms with Crippen molar-refractivity contribution in [3.8, 4) is 18.1 Å². The molecule has 0 aliphatic heterocycles. The molecule has 1 rings (SSSR count). The molecule has 0 radical (unpaired) electrons. The molecule has 0 aromatic heterocycles. The number of alkyl halides is 1. The highest BCUT2D eigenvalue weighted by Crippen LogP contribution is 2.30. The Bertz CT molecular complexity index is 537. The van der Waals surface area contributed by atoms with Gasteiger partial charge in [0.05, 0.1) is 4.92 Å². The van der Waals surface area contributed by atoms with E-state index in [1.54, 1.807) is 22.6 Å². The van der Waals surface area contributed by atoms with Crippen LogP contribution in [-0.4, -0.2) is 20.1 Å². The van der Waals surface area contributed by atoms with E-state index in [0.29, 0.717) is 5.56 Å². The van der Waals surface area contributed by atoms with Gasteiger partial charge < -0.3 is 9.84 Å². The minimum atomic E-state index is -0.684. The maximum atomic E-state index is 11.4. The number of halogens is 1. The molecule has 0 heterocycles. The SMILES string of the molecule is C#CC(I)OC(=O)CCc1cccc([N+](=O)[O-])c1O. The van der Waals surface area contributed by atoms with E-state index in [0.717, 1.165) is 0 Å². The number of aryl methyl sites for hydroxylation is 1. The average molecular weight is 375 g/mol. The zero-order valence-corrected chi connectivity index (χ0v) is 11.9. The number of phenols is 1. The third-order valence-electron chi connectivity index (χ3n) is 2.26. The lowest BCUT2D eigenvalue weighted by Crippen LogP contribution is -2.11. The van der Waals surface area contributed by atoms with E-state index >= 15 is 0 Å². The number of nitrogens with zero attached hydrogens (tertiary/aromatic N) is 1. The van der Waals surface area contributed by atoms with Crippen molar-refractivity contribution in [1.82, 2.24) is 0 Å². The number of terminal acetylenes is 1. The summed E-state index contributed by atoms with van der Waals surface area (Å²) in [6.07, 6.45) is 5.18. The minimum absolute atomic E-state index is 0.0179. The van der Waals surface area contributed by atoms with Crippen molar-refractivity contribution in [2.24, 2.45) is 0 Å². The van der Waals surface area contributed by atoms with Crippen LogP contribution in [0.25, 0.3) is 0 Å². The van der Waals surface area contributed by atoms with Crippen molar-refractivity contribution in [2.75, 3.05) is 0 Å². The monoisotopic (exact) mass is 375 g/mol. The third-order valence-corrected chi connectivity index (χ3v) is 2.87. The maximum Gasteiger partial charge on any atom is 0.310 e. The number of benzene rings is 1. The number of carbonyl (C=O) groups is 1. The highest BCUT2D eigenvalue weighted by Gasteiger charge is 2.17. The first-order chi connectivity index (χ1) is 8.95. The number of rotatable bonds is 5. The lowest BCUT2D eigenvalue weighted by atomic mass is 10.1. The molecule has 0 amide bonds. The molecule has 0 bridgehead atoms. The molecule has 0 spiro atoms. The van der Waals surface area contributed by atoms with Gasteiger partial charge in [-0.3, -0.25) is 14.9 Å². The van der Waals surface area contributed by atoms with Crippen molar-refractivity contribution in [3.63, 3.8) is 0 Å². The van der Waals surface area contributed by atoms with Crippen molar-refractivity contribution >= 4 is 34.2 Å². The number of hydrogen-bond acceptors (Lipinski definition) is 5. The first-order valence-electron chi connectivity index (χ1n) is 5.20. The smallest absolute Gasteiger partial charge is 0.310 e. The first-order valence-corrected chi connectivity index (χ1v) is 6.45. The van der Waals surface area contributed by atoms with Crippen LogP contribution >= 0.6 is 22.6 Å². The number of carbonyl (C=O) groups excluding carboxylic acids is 1. The van der Waals surface area contributed by atoms with Crippen molar-refractivity contribution < 1.29 is 19.6 Å². The summed E-state index contributed by atoms with van der Waals surface area (Å²) in [5, 5.41) is 20.3. The van der Waals surface area contributed by atoms with Crippen LogP contribution in [0.3, 0.4) is 0 Å². The molecule has 6 nitrogen and oxygen atoms in total. The van der Waals surface area contributed by atoms with Crippen LogP contribution in [0.15, 0.2) is 18.2 Å². The normalized spacial score (nSPS) is 11.4. The van der Waals surface area contributed by atoms with Gasteiger partial charge in [0.15, 0.2) is 5.75 Å². The first kappa shape index (κ1) is 15.2. The Balaban J connectivity index is 2.69. The van der Waals surface area contributed by atoms with Crippen LogP contribution in [-0.2, 0) is 16.0 Å². The molecule has 19 heavy (non-hydrogen) atoms. The lowest BCUT2D eigenvalue weighted by molar-refractivity contribution is -0.385. The molecule has 1 unspecified atom stereocenters. The van der Waals surface area contributed by atoms with Crippen molar-refractivity contribution in [3.05, 3.63) is 33.9 Å². The summed E-state index contributed by atoms with van der Waals surface area (Å²) < 4.78 is 4.19. The van der Waals surface area contributed by atoms with Gasteiger partial charge in [-0.2, -0.15) is 0 Å². The summed E-state index contributed by atoms with van der Waals surface area (Å²) in [6, 6.07) is 4.15. The van der Waals surface area contributed by atoms with Gasteiger partial charge in [-0.15, -0.1) is 6.42 Å². The largest absolute Gasteiger partial charge is 0.502 e. The summed E-state index contributed by atoms with van der Waals surface area (Å²) in [5.41, 5.74) is -0.0712. The van der Waals surface area contributed by atoms with Crippen molar-refractivity contribution in [1.29, 1.82) is 0 Å². The van der Waals surface area contributed by atoms with E-state index in [-0.39, 0.29) is 18.5 Å². The predicted molar refractivity (Wildman–Crippen MR) is 75.8 cm³/mol. The second-order valence-electron chi connectivity index (χ2n) is 3.51. The van der Waals surface area contributed by atoms with Crippen molar-refractivity contribution in [2.45, 2.75) is 17.0 Å². The molecule has 100 valence electrons. The number of ether oxygens (including phenoxy) is 1. The number of para-hydroxylation sites is 1. The molecule has 1 N–H and O–H groups in total. The van der Waals surface area contributed by atoms with Crippen LogP contribution in [0.5, 0.6) is 5.75 Å². The van der Waals surface area contributed by atoms with E-state index in [2.05, 4.69) is 5.92 Å². The van der Waals surface area contributed by atoms with Gasteiger partial charge in [0.2, 0.25) is 4.11 Å². The van der Waals surface area contributed by atoms with Crippen LogP contribution in [0.2, 0.25) is 0 Å². The number of nitro benzene ring substituents is 1. The second-order valence-corrected chi connectivity index (χ2v) is 4.65. The molecule has 1 atom stereocenters. The highest BCUT2D eigenvalue weighted by molar-refractivity contribution is 14.1. The van der Waals surface area contributed by atoms with Crippen LogP contribution < -0.4 is 0 Å². The zero-order chi connectivity index (χ0) is 14.4. The fraction of sp³-hybridized carbons (Fsp3) is 0.250. The van der Waals surface area contributed by atoms with Gasteiger partial charge in [0, 0.05) is 18.1 Å². The minimum Gasteiger partial charge on any atom is -0.502 e. The third kappa shape index (κ3) is 4.40. The Hall–Kier alpha value is -1.82. The number of aromatic hydroxyl groups is 1. The van der Waals surface area contributed by atoms with E-state index in [1.165, 1.54) is 18.2 Å². The van der Waals surface area contributed by atoms with Crippen LogP contribution in [0.4, 0.5) is 5.69 Å². The van der Waals surface area contributed by atoms with Gasteiger partial charge >= 0.3 is 11.7 Å². The number of nitro groups is 1. The molecular formula is C12H10INO5. The highest BCUT2D eigenvalue weighted by atomic mass is 127. The maximum absolute atomic E-state index is 11.4. The van der Waals surface area contributed by atoms with Crippen LogP contribution in [0, 0.1) is 22.5 Å². The molecule has 0 aliphatic carbocycles. The van der Waals surface area contributed by atoms with Crippen LogP contribution in [0.1, 0.15) is 12.0 Å². The van der Waals surface area contributed by atoms with Gasteiger partial charge in [-0.05, 0) is 29.0 Å². The number of hydrogen-bond donors (Lipinski definition) is 1. The fourth-order valence-electron chi connectivity index (χ4n) is 1.37. The Morgan fingerprint density at radius 3 is 2.89 bits per heavy atom. The molecule has 0 fully saturated rings. The molecule has 0 saturated heterocycles. The standard InChI is InChI=1S/C12H10INO5/c1-2-10(13)19-11(15)7-6-8-4-3-5-9(12(8)16)14(17)18/h1,3-5,10,16H,6-7H2. The number of esters is 1. The summed E-state index contributed by atoms with van der Waals surface area (Å²) in [5.74, 6) is 1.28. The van der Waals surface area contributed by atoms with Gasteiger partial charge in [0.1, 0.15) is 0 Å². The van der Waals surface area contributed by atoms with E-state index < -0.39 is 20.8 Å². The average Bonchev–Trinajstić information content (AvgIpc) is 2.37. The Morgan fingerprint density at radius 2 is 2.32 bits per heavy atom. The zero-order valence-electron chi connectivity index (χ0n) is 9.71. The lowest BCUT2D eigenvalue weighted by Gasteiger charge is -2.07. The molecular weight excluding hydrogens is 365 g/mol. The van der Waals surface area contributed by atoms with Gasteiger partial charge in [-0.25, -0.2) is 0 Å². The fourth-order valence-corrected chi connectivity index (χ4v) is 1.66. The molecule has 7 heteroatoms. The van der Waals surface area contributed by atoms with E-state index in [4.69, 9.17) is 11.2 Å². The quantitative estimate of drug-likeness (QED) is 0.213.